The molecule has 17 heavy (non-hydrogen) atoms. The molecule has 1 aromatic carbocycles. The fourth-order valence-corrected chi connectivity index (χ4v) is 3.97. The summed E-state index contributed by atoms with van der Waals surface area (Å²) in [6.07, 6.45) is 3.96. The Labute approximate surface area is 109 Å². The Morgan fingerprint density at radius 2 is 2.29 bits per heavy atom. The zero-order chi connectivity index (χ0) is 11.4. The van der Waals surface area contributed by atoms with E-state index in [0.29, 0.717) is 0 Å². The van der Waals surface area contributed by atoms with Crippen LogP contribution in [0.5, 0.6) is 0 Å². The second-order valence-electron chi connectivity index (χ2n) is 5.20. The number of halogens is 1. The minimum atomic E-state index is 0.721. The van der Waals surface area contributed by atoms with Crippen molar-refractivity contribution in [1.82, 2.24) is 4.57 Å². The fourth-order valence-electron chi connectivity index (χ4n) is 3.61. The van der Waals surface area contributed by atoms with Crippen LogP contribution in [-0.2, 0) is 13.0 Å². The average molecular weight is 292 g/mol. The molecule has 2 nitrogen and oxygen atoms in total. The van der Waals surface area contributed by atoms with Gasteiger partial charge in [-0.1, -0.05) is 15.9 Å². The van der Waals surface area contributed by atoms with Gasteiger partial charge in [0.2, 0.25) is 0 Å². The van der Waals surface area contributed by atoms with E-state index in [9.17, 15) is 0 Å². The molecule has 0 amide bonds. The molecule has 2 heterocycles. The molecule has 2 aromatic rings. The standard InChI is InChI=1S/C14H15BrN2/c15-9-4-5-13-11(8-9)10-2-1-3-12-14(10)17(13)7-6-16-12/h4-5,8,12,16H,1-3,6-7H2/p+1/t12-/m0/s1. The molecule has 0 unspecified atom stereocenters. The van der Waals surface area contributed by atoms with E-state index in [1.165, 1.54) is 47.7 Å². The summed E-state index contributed by atoms with van der Waals surface area (Å²) in [6, 6.07) is 7.47. The molecule has 2 N–H and O–H groups in total. The SMILES string of the molecule is Brc1ccc2c(c1)c1c3n2CC[NH2+][C@H]3CCC1. The second kappa shape index (κ2) is 3.59. The number of hydrogen-bond donors (Lipinski definition) is 1. The maximum atomic E-state index is 3.61. The number of quaternary nitrogens is 1. The lowest BCUT2D eigenvalue weighted by Gasteiger charge is -2.27. The first-order valence-electron chi connectivity index (χ1n) is 6.48. The number of nitrogens with two attached hydrogens (primary N) is 1. The molecule has 0 saturated heterocycles. The van der Waals surface area contributed by atoms with E-state index in [1.54, 1.807) is 11.3 Å². The molecule has 0 radical (unpaired) electrons. The predicted octanol–water partition coefficient (Wildman–Crippen LogP) is 2.36. The van der Waals surface area contributed by atoms with Gasteiger partial charge in [-0.3, -0.25) is 0 Å². The first-order chi connectivity index (χ1) is 8.34. The lowest BCUT2D eigenvalue weighted by molar-refractivity contribution is -0.704. The molecule has 0 fully saturated rings. The summed E-state index contributed by atoms with van der Waals surface area (Å²) in [6.45, 7) is 2.40. The molecule has 1 aromatic heterocycles. The van der Waals surface area contributed by atoms with Crippen LogP contribution in [0, 0.1) is 0 Å². The number of aryl methyl sites for hydroxylation is 1. The van der Waals surface area contributed by atoms with Gasteiger partial charge in [-0.05, 0) is 36.6 Å². The van der Waals surface area contributed by atoms with Crippen LogP contribution in [0.15, 0.2) is 22.7 Å². The van der Waals surface area contributed by atoms with Gasteiger partial charge in [-0.2, -0.15) is 0 Å². The summed E-state index contributed by atoms with van der Waals surface area (Å²) in [5, 5.41) is 4.01. The Morgan fingerprint density at radius 1 is 1.35 bits per heavy atom. The van der Waals surface area contributed by atoms with E-state index < -0.39 is 0 Å². The highest BCUT2D eigenvalue weighted by atomic mass is 79.9. The lowest BCUT2D eigenvalue weighted by atomic mass is 9.91. The van der Waals surface area contributed by atoms with Crippen LogP contribution < -0.4 is 5.32 Å². The number of hydrogen-bond acceptors (Lipinski definition) is 0. The Morgan fingerprint density at radius 3 is 3.24 bits per heavy atom. The molecule has 1 aliphatic heterocycles. The van der Waals surface area contributed by atoms with Crippen molar-refractivity contribution in [2.45, 2.75) is 31.8 Å². The zero-order valence-electron chi connectivity index (χ0n) is 9.75. The highest BCUT2D eigenvalue weighted by molar-refractivity contribution is 9.10. The Balaban J connectivity index is 2.11. The summed E-state index contributed by atoms with van der Waals surface area (Å²) in [5.41, 5.74) is 4.68. The van der Waals surface area contributed by atoms with Crippen molar-refractivity contribution in [2.75, 3.05) is 6.54 Å². The van der Waals surface area contributed by atoms with Crippen molar-refractivity contribution < 1.29 is 5.32 Å². The quantitative estimate of drug-likeness (QED) is 0.770. The van der Waals surface area contributed by atoms with Crippen LogP contribution in [0.25, 0.3) is 10.9 Å². The topological polar surface area (TPSA) is 21.5 Å². The fraction of sp³-hybridized carbons (Fsp3) is 0.429. The molecule has 1 atom stereocenters. The number of rotatable bonds is 0. The number of aromatic nitrogens is 1. The van der Waals surface area contributed by atoms with Gasteiger partial charge in [0.15, 0.2) is 0 Å². The molecular formula is C14H16BrN2+. The molecule has 1 aliphatic carbocycles. The van der Waals surface area contributed by atoms with Gasteiger partial charge in [-0.15, -0.1) is 0 Å². The summed E-state index contributed by atoms with van der Waals surface area (Å²) in [7, 11) is 0. The summed E-state index contributed by atoms with van der Waals surface area (Å²) in [5.74, 6) is 0. The first-order valence-corrected chi connectivity index (χ1v) is 7.28. The van der Waals surface area contributed by atoms with E-state index in [2.05, 4.69) is 44.0 Å². The zero-order valence-corrected chi connectivity index (χ0v) is 11.3. The Kier molecular flexibility index (Phi) is 2.15. The van der Waals surface area contributed by atoms with Gasteiger partial charge in [0.25, 0.3) is 0 Å². The van der Waals surface area contributed by atoms with Crippen LogP contribution in [0.1, 0.15) is 30.1 Å². The Bertz CT molecular complexity index is 598. The molecule has 88 valence electrons. The summed E-state index contributed by atoms with van der Waals surface area (Å²) in [4.78, 5) is 0. The maximum Gasteiger partial charge on any atom is 0.127 e. The third kappa shape index (κ3) is 1.36. The largest absolute Gasteiger partial charge is 0.337 e. The van der Waals surface area contributed by atoms with Gasteiger partial charge in [-0.25, -0.2) is 0 Å². The normalized spacial score (nSPS) is 22.8. The van der Waals surface area contributed by atoms with E-state index in [4.69, 9.17) is 0 Å². The third-order valence-corrected chi connectivity index (χ3v) is 4.76. The minimum absolute atomic E-state index is 0.721. The molecule has 0 bridgehead atoms. The van der Waals surface area contributed by atoms with Crippen molar-refractivity contribution in [1.29, 1.82) is 0 Å². The molecule has 4 rings (SSSR count). The highest BCUT2D eigenvalue weighted by Gasteiger charge is 2.32. The van der Waals surface area contributed by atoms with Crippen molar-refractivity contribution in [2.24, 2.45) is 0 Å². The van der Waals surface area contributed by atoms with Crippen LogP contribution in [-0.4, -0.2) is 11.1 Å². The lowest BCUT2D eigenvalue weighted by Crippen LogP contribution is -2.88. The second-order valence-corrected chi connectivity index (χ2v) is 6.12. The van der Waals surface area contributed by atoms with E-state index in [-0.39, 0.29) is 0 Å². The van der Waals surface area contributed by atoms with Crippen LogP contribution >= 0.6 is 15.9 Å². The van der Waals surface area contributed by atoms with Crippen molar-refractivity contribution >= 4 is 26.8 Å². The van der Waals surface area contributed by atoms with E-state index in [1.807, 2.05) is 0 Å². The molecular weight excluding hydrogens is 276 g/mol. The predicted molar refractivity (Wildman–Crippen MR) is 72.1 cm³/mol. The van der Waals surface area contributed by atoms with Crippen molar-refractivity contribution in [3.05, 3.63) is 33.9 Å². The maximum absolute atomic E-state index is 3.61. The number of fused-ring (bicyclic) bond motifs is 3. The van der Waals surface area contributed by atoms with Gasteiger partial charge in [0.1, 0.15) is 6.04 Å². The summed E-state index contributed by atoms with van der Waals surface area (Å²) < 4.78 is 3.77. The molecule has 2 aliphatic rings. The monoisotopic (exact) mass is 291 g/mol. The van der Waals surface area contributed by atoms with Crippen molar-refractivity contribution in [3.8, 4) is 0 Å². The van der Waals surface area contributed by atoms with Gasteiger partial charge >= 0.3 is 0 Å². The number of benzene rings is 1. The smallest absolute Gasteiger partial charge is 0.127 e. The van der Waals surface area contributed by atoms with E-state index in [0.717, 1.165) is 6.04 Å². The minimum Gasteiger partial charge on any atom is -0.337 e. The Hall–Kier alpha value is -0.800. The van der Waals surface area contributed by atoms with Crippen LogP contribution in [0.3, 0.4) is 0 Å². The highest BCUT2D eigenvalue weighted by Crippen LogP contribution is 2.37. The molecule has 3 heteroatoms. The molecule has 0 spiro atoms. The van der Waals surface area contributed by atoms with Gasteiger partial charge < -0.3 is 9.88 Å². The van der Waals surface area contributed by atoms with E-state index >= 15 is 0 Å². The van der Waals surface area contributed by atoms with Crippen molar-refractivity contribution in [3.63, 3.8) is 0 Å². The van der Waals surface area contributed by atoms with Gasteiger partial charge in [0.05, 0.1) is 18.8 Å². The summed E-state index contributed by atoms with van der Waals surface area (Å²) >= 11 is 3.61. The number of nitrogens with zero attached hydrogens (tertiary/aromatic N) is 1. The van der Waals surface area contributed by atoms with Gasteiger partial charge in [0, 0.05) is 21.8 Å². The molecule has 0 saturated carbocycles. The van der Waals surface area contributed by atoms with Crippen LogP contribution in [0.2, 0.25) is 0 Å². The third-order valence-electron chi connectivity index (χ3n) is 4.27. The first kappa shape index (κ1) is 10.2. The average Bonchev–Trinajstić information content (AvgIpc) is 2.67. The van der Waals surface area contributed by atoms with Crippen LogP contribution in [0.4, 0.5) is 0 Å².